The topological polar surface area (TPSA) is 88.7 Å². The summed E-state index contributed by atoms with van der Waals surface area (Å²) in [5.74, 6) is -2.56. The molecule has 1 N–H and O–H groups in total. The molecule has 1 spiro atoms. The van der Waals surface area contributed by atoms with Crippen molar-refractivity contribution in [3.8, 4) is 0 Å². The van der Waals surface area contributed by atoms with Gasteiger partial charge in [0.15, 0.2) is 0 Å². The average Bonchev–Trinajstić information content (AvgIpc) is 3.18. The Hall–Kier alpha value is -3.19. The number of hydrogen-bond acceptors (Lipinski definition) is 6. The van der Waals surface area contributed by atoms with Crippen LogP contribution in [0.15, 0.2) is 53.5 Å². The number of rotatable bonds is 7. The number of nitrogens with zero attached hydrogens (tertiary/aromatic N) is 1. The van der Waals surface area contributed by atoms with E-state index in [0.717, 1.165) is 18.8 Å². The van der Waals surface area contributed by atoms with Gasteiger partial charge in [0.1, 0.15) is 0 Å². The van der Waals surface area contributed by atoms with E-state index in [2.05, 4.69) is 41.4 Å². The molecule has 0 bridgehead atoms. The number of aryl methyl sites for hydroxylation is 1. The van der Waals surface area contributed by atoms with Gasteiger partial charge in [-0.15, -0.1) is 0 Å². The van der Waals surface area contributed by atoms with Crippen LogP contribution in [0.1, 0.15) is 68.1 Å². The van der Waals surface area contributed by atoms with Gasteiger partial charge in [0.05, 0.1) is 0 Å². The summed E-state index contributed by atoms with van der Waals surface area (Å²) in [5.41, 5.74) is 2.88. The first-order valence-electron chi connectivity index (χ1n) is 13.2. The van der Waals surface area contributed by atoms with Crippen LogP contribution in [0.2, 0.25) is 0 Å². The van der Waals surface area contributed by atoms with Crippen molar-refractivity contribution in [3.63, 3.8) is 0 Å². The highest BCUT2D eigenvalue weighted by atomic mass is 16.8. The summed E-state index contributed by atoms with van der Waals surface area (Å²) < 4.78 is 11.0. The fourth-order valence-corrected chi connectivity index (χ4v) is 5.81. The molecule has 0 radical (unpaired) electrons. The van der Waals surface area contributed by atoms with E-state index >= 15 is 0 Å². The van der Waals surface area contributed by atoms with Crippen LogP contribution in [-0.4, -0.2) is 34.3 Å². The number of piperidine rings is 1. The van der Waals surface area contributed by atoms with Gasteiger partial charge < -0.3 is 14.5 Å². The zero-order valence-electron chi connectivity index (χ0n) is 20.6. The second kappa shape index (κ2) is 10.8. The molecular weight excluding hydrogens is 456 g/mol. The Morgan fingerprint density at radius 3 is 2.47 bits per heavy atom. The molecule has 2 aromatic rings. The number of hydrogen-bond donors (Lipinski definition) is 1. The van der Waals surface area contributed by atoms with Crippen LogP contribution < -0.4 is 5.56 Å². The number of carbonyl (C=O) groups excluding carboxylic acids is 2. The molecule has 5 rings (SSSR count). The first-order chi connectivity index (χ1) is 17.5. The summed E-state index contributed by atoms with van der Waals surface area (Å²) >= 11 is 0. The second-order valence-corrected chi connectivity index (χ2v) is 10.3. The maximum absolute atomic E-state index is 12.2. The summed E-state index contributed by atoms with van der Waals surface area (Å²) in [6.45, 7) is 0.740. The van der Waals surface area contributed by atoms with Gasteiger partial charge in [-0.2, -0.15) is 0 Å². The van der Waals surface area contributed by atoms with Crippen molar-refractivity contribution in [2.45, 2.75) is 70.2 Å². The molecule has 36 heavy (non-hydrogen) atoms. The number of pyridine rings is 1. The minimum absolute atomic E-state index is 0.0559. The normalized spacial score (nSPS) is 22.7. The third-order valence-corrected chi connectivity index (χ3v) is 7.85. The molecule has 0 amide bonds. The number of likely N-dealkylation sites (tertiary alicyclic amines) is 1. The second-order valence-electron chi connectivity index (χ2n) is 10.3. The van der Waals surface area contributed by atoms with E-state index in [4.69, 9.17) is 9.47 Å². The van der Waals surface area contributed by atoms with E-state index < -0.39 is 17.8 Å². The lowest BCUT2D eigenvalue weighted by Crippen LogP contribution is -2.55. The maximum atomic E-state index is 12.2. The molecule has 7 heteroatoms. The fourth-order valence-electron chi connectivity index (χ4n) is 5.81. The van der Waals surface area contributed by atoms with E-state index in [0.29, 0.717) is 18.5 Å². The molecule has 1 aromatic carbocycles. The fraction of sp³-hybridized carbons (Fsp3) is 0.483. The Balaban J connectivity index is 1.29. The summed E-state index contributed by atoms with van der Waals surface area (Å²) in [6.07, 6.45) is 16.1. The number of nitrogens with one attached hydrogen (secondary N) is 1. The van der Waals surface area contributed by atoms with Crippen molar-refractivity contribution < 1.29 is 19.1 Å². The maximum Gasteiger partial charge on any atom is 0.421 e. The molecule has 3 fully saturated rings. The van der Waals surface area contributed by atoms with E-state index in [9.17, 15) is 14.4 Å². The Kier molecular flexibility index (Phi) is 7.37. The average molecular weight is 491 g/mol. The third-order valence-electron chi connectivity index (χ3n) is 7.85. The largest absolute Gasteiger partial charge is 0.421 e. The van der Waals surface area contributed by atoms with Crippen LogP contribution in [0.3, 0.4) is 0 Å². The van der Waals surface area contributed by atoms with Gasteiger partial charge in [0.2, 0.25) is 0 Å². The molecule has 1 saturated carbocycles. The zero-order valence-corrected chi connectivity index (χ0v) is 20.6. The number of esters is 2. The summed E-state index contributed by atoms with van der Waals surface area (Å²) in [6, 6.07) is 12.0. The van der Waals surface area contributed by atoms with Crippen LogP contribution in [0, 0.1) is 11.8 Å². The molecule has 190 valence electrons. The van der Waals surface area contributed by atoms with Crippen LogP contribution in [-0.2, 0) is 32.0 Å². The van der Waals surface area contributed by atoms with E-state index in [-0.39, 0.29) is 18.0 Å². The summed E-state index contributed by atoms with van der Waals surface area (Å²) in [4.78, 5) is 40.7. The number of ether oxygens (including phenoxy) is 2. The smallest absolute Gasteiger partial charge is 0.400 e. The Bertz CT molecular complexity index is 1160. The predicted molar refractivity (Wildman–Crippen MR) is 135 cm³/mol. The van der Waals surface area contributed by atoms with Gasteiger partial charge in [-0.25, -0.2) is 14.5 Å². The van der Waals surface area contributed by atoms with Gasteiger partial charge in [0, 0.05) is 31.3 Å². The molecule has 7 nitrogen and oxygen atoms in total. The van der Waals surface area contributed by atoms with Crippen LogP contribution in [0.4, 0.5) is 0 Å². The Labute approximate surface area is 211 Å². The van der Waals surface area contributed by atoms with Crippen LogP contribution in [0.25, 0.3) is 6.08 Å². The number of carbonyl (C=O) groups is 2. The first kappa shape index (κ1) is 24.5. The van der Waals surface area contributed by atoms with Crippen LogP contribution >= 0.6 is 0 Å². The summed E-state index contributed by atoms with van der Waals surface area (Å²) in [7, 11) is 0. The monoisotopic (exact) mass is 490 g/mol. The third kappa shape index (κ3) is 5.46. The number of benzene rings is 1. The number of allylic oxidation sites excluding steroid dienone is 1. The van der Waals surface area contributed by atoms with Crippen LogP contribution in [0.5, 0.6) is 0 Å². The molecule has 2 aliphatic heterocycles. The van der Waals surface area contributed by atoms with E-state index in [1.807, 2.05) is 0 Å². The molecule has 1 unspecified atom stereocenters. The molecule has 3 aliphatic rings. The summed E-state index contributed by atoms with van der Waals surface area (Å²) in [5, 5.41) is 0. The van der Waals surface area contributed by atoms with Gasteiger partial charge in [-0.1, -0.05) is 74.6 Å². The lowest BCUT2D eigenvalue weighted by Gasteiger charge is -2.42. The molecular formula is C29H34N2O5. The Morgan fingerprint density at radius 2 is 1.69 bits per heavy atom. The van der Waals surface area contributed by atoms with Gasteiger partial charge in [0.25, 0.3) is 5.56 Å². The Morgan fingerprint density at radius 1 is 0.944 bits per heavy atom. The van der Waals surface area contributed by atoms with Crippen molar-refractivity contribution in [1.29, 1.82) is 0 Å². The molecule has 1 atom stereocenters. The van der Waals surface area contributed by atoms with Crippen molar-refractivity contribution in [2.24, 2.45) is 11.8 Å². The molecule has 3 heterocycles. The SMILES string of the molecule is O=C1OC2(CC(/C=C/c3ccccc3CCC3CCCCC3)CCN2Cc2ccc[nH]c2=O)OC1=O. The van der Waals surface area contributed by atoms with E-state index in [1.54, 1.807) is 23.2 Å². The van der Waals surface area contributed by atoms with Gasteiger partial charge >= 0.3 is 17.8 Å². The van der Waals surface area contributed by atoms with E-state index in [1.165, 1.54) is 49.7 Å². The van der Waals surface area contributed by atoms with Gasteiger partial charge in [-0.3, -0.25) is 4.79 Å². The number of aromatic amines is 1. The standard InChI is InChI=1S/C29H34N2O5/c32-26-25(11-6-17-30-26)20-31-18-16-22(19-29(31)35-27(33)28(34)36-29)13-15-24-10-5-4-9-23(24)14-12-21-7-2-1-3-8-21/h4-6,9-11,13,15,17,21-22H,1-3,7-8,12,14,16,18-20H2,(H,30,32)/b15-13+. The zero-order chi connectivity index (χ0) is 25.0. The van der Waals surface area contributed by atoms with Crippen molar-refractivity contribution in [2.75, 3.05) is 6.54 Å². The van der Waals surface area contributed by atoms with Gasteiger partial charge in [-0.05, 0) is 48.3 Å². The molecule has 2 saturated heterocycles. The lowest BCUT2D eigenvalue weighted by atomic mass is 9.84. The highest BCUT2D eigenvalue weighted by Crippen LogP contribution is 2.39. The van der Waals surface area contributed by atoms with Crippen molar-refractivity contribution in [1.82, 2.24) is 9.88 Å². The highest BCUT2D eigenvalue weighted by Gasteiger charge is 2.55. The highest BCUT2D eigenvalue weighted by molar-refractivity contribution is 6.31. The lowest BCUT2D eigenvalue weighted by molar-refractivity contribution is -0.271. The first-order valence-corrected chi connectivity index (χ1v) is 13.2. The minimum atomic E-state index is -1.48. The number of aromatic nitrogens is 1. The van der Waals surface area contributed by atoms with Crippen molar-refractivity contribution >= 4 is 18.0 Å². The molecule has 1 aromatic heterocycles. The number of H-pyrrole nitrogens is 1. The quantitative estimate of drug-likeness (QED) is 0.452. The minimum Gasteiger partial charge on any atom is -0.400 e. The molecule has 1 aliphatic carbocycles. The van der Waals surface area contributed by atoms with Crippen molar-refractivity contribution in [3.05, 3.63) is 75.7 Å². The predicted octanol–water partition coefficient (Wildman–Crippen LogP) is 4.57.